The predicted molar refractivity (Wildman–Crippen MR) is 111 cm³/mol. The number of nitrogens with one attached hydrogen (secondary N) is 1. The van der Waals surface area contributed by atoms with Crippen molar-refractivity contribution >= 4 is 17.7 Å². The molecule has 0 aliphatic carbocycles. The second kappa shape index (κ2) is 11.4. The monoisotopic (exact) mass is 399 g/mol. The van der Waals surface area contributed by atoms with E-state index in [1.54, 1.807) is 11.9 Å². The Morgan fingerprint density at radius 2 is 1.68 bits per heavy atom. The van der Waals surface area contributed by atoms with Crippen LogP contribution in [0.15, 0.2) is 0 Å². The number of amides is 3. The maximum Gasteiger partial charge on any atom is 0.245 e. The van der Waals surface area contributed by atoms with Crippen LogP contribution in [-0.4, -0.2) is 55.0 Å². The minimum atomic E-state index is -0.652. The molecule has 0 aliphatic heterocycles. The summed E-state index contributed by atoms with van der Waals surface area (Å²) in [7, 11) is 3.23. The first-order chi connectivity index (χ1) is 12.8. The normalized spacial score (nSPS) is 16.2. The molecule has 0 heterocycles. The van der Waals surface area contributed by atoms with Crippen molar-refractivity contribution in [2.45, 2.75) is 85.9 Å². The number of nitrogens with zero attached hydrogens (tertiary/aromatic N) is 1. The van der Waals surface area contributed by atoms with Crippen LogP contribution in [0.25, 0.3) is 0 Å². The van der Waals surface area contributed by atoms with Crippen LogP contribution in [0.5, 0.6) is 0 Å². The van der Waals surface area contributed by atoms with Crippen LogP contribution in [0.3, 0.4) is 0 Å². The van der Waals surface area contributed by atoms with Crippen LogP contribution in [0.4, 0.5) is 0 Å². The van der Waals surface area contributed by atoms with Gasteiger partial charge in [-0.2, -0.15) is 0 Å². The quantitative estimate of drug-likeness (QED) is 0.526. The van der Waals surface area contributed by atoms with Crippen LogP contribution >= 0.6 is 0 Å². The highest BCUT2D eigenvalue weighted by atomic mass is 16.5. The third-order valence-electron chi connectivity index (χ3n) is 5.83. The zero-order chi connectivity index (χ0) is 22.2. The smallest absolute Gasteiger partial charge is 0.245 e. The zero-order valence-electron chi connectivity index (χ0n) is 19.2. The first-order valence-electron chi connectivity index (χ1n) is 10.2. The highest BCUT2D eigenvalue weighted by molar-refractivity contribution is 5.90. The zero-order valence-corrected chi connectivity index (χ0v) is 19.2. The number of hydrogen-bond donors (Lipinski definition) is 2. The van der Waals surface area contributed by atoms with Crippen molar-refractivity contribution in [1.82, 2.24) is 10.2 Å². The number of carbonyl (C=O) groups is 3. The van der Waals surface area contributed by atoms with Gasteiger partial charge in [-0.25, -0.2) is 0 Å². The molecule has 0 aromatic heterocycles. The molecule has 0 rings (SSSR count). The molecule has 0 bridgehead atoms. The van der Waals surface area contributed by atoms with E-state index in [4.69, 9.17) is 10.5 Å². The molecule has 4 atom stereocenters. The molecule has 0 spiro atoms. The number of primary amides is 1. The fourth-order valence-corrected chi connectivity index (χ4v) is 3.16. The lowest BCUT2D eigenvalue weighted by molar-refractivity contribution is -0.145. The molecule has 0 aromatic carbocycles. The van der Waals surface area contributed by atoms with Gasteiger partial charge < -0.3 is 20.7 Å². The molecule has 0 aromatic rings. The summed E-state index contributed by atoms with van der Waals surface area (Å²) >= 11 is 0. The summed E-state index contributed by atoms with van der Waals surface area (Å²) in [5.74, 6) is -0.794. The Morgan fingerprint density at radius 3 is 2.04 bits per heavy atom. The predicted octanol–water partition coefficient (Wildman–Crippen LogP) is 2.33. The molecule has 3 N–H and O–H groups in total. The lowest BCUT2D eigenvalue weighted by Crippen LogP contribution is -2.58. The van der Waals surface area contributed by atoms with Crippen LogP contribution in [0.2, 0.25) is 0 Å². The van der Waals surface area contributed by atoms with Crippen LogP contribution < -0.4 is 11.1 Å². The van der Waals surface area contributed by atoms with E-state index in [0.717, 1.165) is 6.42 Å². The van der Waals surface area contributed by atoms with E-state index in [2.05, 4.69) is 5.32 Å². The Bertz CT molecular complexity index is 534. The fraction of sp³-hybridized carbons (Fsp3) is 0.857. The van der Waals surface area contributed by atoms with Gasteiger partial charge in [-0.15, -0.1) is 0 Å². The SMILES string of the molecule is CC[C@H](C)[C@@H]([C@@H](CC(N)=O)OC)N(C)C(=O)[C@@H](NC(=O)C(C)(C)CC)C(C)C. The molecule has 7 nitrogen and oxygen atoms in total. The fourth-order valence-electron chi connectivity index (χ4n) is 3.16. The summed E-state index contributed by atoms with van der Waals surface area (Å²) in [6, 6.07) is -0.978. The van der Waals surface area contributed by atoms with Gasteiger partial charge in [0, 0.05) is 19.6 Å². The van der Waals surface area contributed by atoms with E-state index in [9.17, 15) is 14.4 Å². The van der Waals surface area contributed by atoms with Crippen molar-refractivity contribution in [2.75, 3.05) is 14.2 Å². The van der Waals surface area contributed by atoms with Crippen molar-refractivity contribution in [3.05, 3.63) is 0 Å². The first-order valence-corrected chi connectivity index (χ1v) is 10.2. The minimum Gasteiger partial charge on any atom is -0.379 e. The van der Waals surface area contributed by atoms with Crippen molar-refractivity contribution in [2.24, 2.45) is 23.0 Å². The number of carbonyl (C=O) groups excluding carboxylic acids is 3. The summed E-state index contributed by atoms with van der Waals surface area (Å²) in [6.45, 7) is 13.5. The van der Waals surface area contributed by atoms with E-state index in [0.29, 0.717) is 6.42 Å². The Hall–Kier alpha value is -1.63. The van der Waals surface area contributed by atoms with E-state index in [-0.39, 0.29) is 36.1 Å². The van der Waals surface area contributed by atoms with Gasteiger partial charge in [0.05, 0.1) is 18.6 Å². The molecule has 28 heavy (non-hydrogen) atoms. The van der Waals surface area contributed by atoms with Gasteiger partial charge in [0.1, 0.15) is 6.04 Å². The molecule has 0 saturated heterocycles. The highest BCUT2D eigenvalue weighted by Crippen LogP contribution is 2.24. The van der Waals surface area contributed by atoms with Gasteiger partial charge in [-0.1, -0.05) is 54.9 Å². The number of hydrogen-bond acceptors (Lipinski definition) is 4. The van der Waals surface area contributed by atoms with Crippen LogP contribution in [0, 0.1) is 17.3 Å². The summed E-state index contributed by atoms with van der Waals surface area (Å²) in [5.41, 5.74) is 4.83. The molecule has 0 aliphatic rings. The number of ether oxygens (including phenoxy) is 1. The largest absolute Gasteiger partial charge is 0.379 e. The molecule has 7 heteroatoms. The van der Waals surface area contributed by atoms with E-state index >= 15 is 0 Å². The second-order valence-corrected chi connectivity index (χ2v) is 8.70. The molecular weight excluding hydrogens is 358 g/mol. The molecule has 164 valence electrons. The van der Waals surface area contributed by atoms with Crippen molar-refractivity contribution < 1.29 is 19.1 Å². The number of rotatable bonds is 12. The number of likely N-dealkylation sites (N-methyl/N-ethyl adjacent to an activating group) is 1. The molecule has 0 fully saturated rings. The van der Waals surface area contributed by atoms with Crippen LogP contribution in [0.1, 0.15) is 67.7 Å². The average molecular weight is 400 g/mol. The number of nitrogens with two attached hydrogens (primary N) is 1. The lowest BCUT2D eigenvalue weighted by atomic mass is 9.87. The molecule has 0 saturated carbocycles. The van der Waals surface area contributed by atoms with Gasteiger partial charge in [0.25, 0.3) is 0 Å². The topological polar surface area (TPSA) is 102 Å². The second-order valence-electron chi connectivity index (χ2n) is 8.70. The van der Waals surface area contributed by atoms with E-state index in [1.807, 2.05) is 48.5 Å². The first kappa shape index (κ1) is 26.4. The summed E-state index contributed by atoms with van der Waals surface area (Å²) in [5, 5.41) is 2.94. The highest BCUT2D eigenvalue weighted by Gasteiger charge is 2.38. The molecule has 0 radical (unpaired) electrons. The van der Waals surface area contributed by atoms with Gasteiger partial charge in [0.2, 0.25) is 17.7 Å². The lowest BCUT2D eigenvalue weighted by Gasteiger charge is -2.40. The van der Waals surface area contributed by atoms with Gasteiger partial charge in [-0.3, -0.25) is 14.4 Å². The van der Waals surface area contributed by atoms with Crippen molar-refractivity contribution in [1.29, 1.82) is 0 Å². The molecular formula is C21H41N3O4. The maximum absolute atomic E-state index is 13.3. The minimum absolute atomic E-state index is 0.0324. The third kappa shape index (κ3) is 7.08. The Balaban J connectivity index is 5.73. The molecule has 3 amide bonds. The summed E-state index contributed by atoms with van der Waals surface area (Å²) in [6.07, 6.45) is 1.01. The number of methoxy groups -OCH3 is 1. The van der Waals surface area contributed by atoms with E-state index < -0.39 is 23.5 Å². The standard InChI is InChI=1S/C21H41N3O4/c1-10-14(5)18(15(28-9)12-16(22)25)24(8)19(26)17(13(3)4)23-20(27)21(6,7)11-2/h13-15,17-18H,10-12H2,1-9H3,(H2,22,25)(H,23,27)/t14-,15+,17-,18-/m0/s1. The summed E-state index contributed by atoms with van der Waals surface area (Å²) < 4.78 is 5.53. The average Bonchev–Trinajstić information content (AvgIpc) is 2.63. The van der Waals surface area contributed by atoms with Gasteiger partial charge in [-0.05, 0) is 18.3 Å². The van der Waals surface area contributed by atoms with Crippen LogP contribution in [-0.2, 0) is 19.1 Å². The van der Waals surface area contributed by atoms with E-state index in [1.165, 1.54) is 7.11 Å². The van der Waals surface area contributed by atoms with Gasteiger partial charge in [0.15, 0.2) is 0 Å². The molecule has 0 unspecified atom stereocenters. The third-order valence-corrected chi connectivity index (χ3v) is 5.83. The summed E-state index contributed by atoms with van der Waals surface area (Å²) in [4.78, 5) is 39.1. The Kier molecular flexibility index (Phi) is 10.7. The van der Waals surface area contributed by atoms with Crippen molar-refractivity contribution in [3.8, 4) is 0 Å². The van der Waals surface area contributed by atoms with Gasteiger partial charge >= 0.3 is 0 Å². The Morgan fingerprint density at radius 1 is 1.14 bits per heavy atom. The Labute approximate surface area is 170 Å². The van der Waals surface area contributed by atoms with Crippen molar-refractivity contribution in [3.63, 3.8) is 0 Å². The maximum atomic E-state index is 13.3.